The largest absolute Gasteiger partial charge is 0.277 e. The van der Waals surface area contributed by atoms with Crippen LogP contribution in [0.5, 0.6) is 0 Å². The standard InChI is InChI=1S/C23H19N5O4/c1-14-12-15(2)21(16(3)13-14)22-24-32-28-25(22)19-6-4-5-7-20(19)26(28)23(29)17-8-10-18(11-9-17)27(30)31/h4-13H,1-3H3. The number of nitro groups is 1. The van der Waals surface area contributed by atoms with Gasteiger partial charge in [0.05, 0.1) is 21.6 Å². The van der Waals surface area contributed by atoms with E-state index >= 15 is 0 Å². The minimum Gasteiger partial charge on any atom is -0.267 e. The van der Waals surface area contributed by atoms with Crippen LogP contribution in [-0.2, 0) is 4.94 Å². The van der Waals surface area contributed by atoms with E-state index in [2.05, 4.69) is 17.3 Å². The molecule has 1 amide bonds. The number of non-ortho nitro benzene ring substituents is 1. The first kappa shape index (κ1) is 19.7. The van der Waals surface area contributed by atoms with Gasteiger partial charge in [-0.1, -0.05) is 29.8 Å². The number of aryl methyl sites for hydroxylation is 3. The molecule has 0 fully saturated rings. The maximum Gasteiger partial charge on any atom is 0.277 e. The highest BCUT2D eigenvalue weighted by Crippen LogP contribution is 2.43. The molecule has 9 nitrogen and oxygen atoms in total. The van der Waals surface area contributed by atoms with Gasteiger partial charge >= 0.3 is 0 Å². The van der Waals surface area contributed by atoms with Crippen molar-refractivity contribution in [3.05, 3.63) is 98.6 Å². The number of carbonyl (C=O) groups is 1. The van der Waals surface area contributed by atoms with Crippen LogP contribution in [0.1, 0.15) is 32.6 Å². The third-order valence-electron chi connectivity index (χ3n) is 5.50. The first-order valence-electron chi connectivity index (χ1n) is 9.98. The maximum absolute atomic E-state index is 13.4. The van der Waals surface area contributed by atoms with Gasteiger partial charge in [-0.05, 0) is 61.3 Å². The summed E-state index contributed by atoms with van der Waals surface area (Å²) in [5.74, 6) is 0.176. The molecule has 0 spiro atoms. The highest BCUT2D eigenvalue weighted by atomic mass is 16.9. The van der Waals surface area contributed by atoms with E-state index in [1.165, 1.54) is 34.6 Å². The zero-order valence-electron chi connectivity index (χ0n) is 17.6. The Kier molecular flexibility index (Phi) is 4.42. The Balaban J connectivity index is 1.57. The molecular formula is C23H19N5O4. The van der Waals surface area contributed by atoms with Gasteiger partial charge in [0.2, 0.25) is 5.84 Å². The quantitative estimate of drug-likeness (QED) is 0.452. The lowest BCUT2D eigenvalue weighted by Gasteiger charge is -2.25. The molecule has 2 aliphatic rings. The van der Waals surface area contributed by atoms with Crippen LogP contribution in [0.15, 0.2) is 65.8 Å². The number of hydrogen-bond acceptors (Lipinski definition) is 7. The van der Waals surface area contributed by atoms with Gasteiger partial charge in [0.15, 0.2) is 0 Å². The molecule has 2 heterocycles. The van der Waals surface area contributed by atoms with Gasteiger partial charge in [-0.25, -0.2) is 0 Å². The Bertz CT molecular complexity index is 1280. The molecule has 0 saturated heterocycles. The Morgan fingerprint density at radius 3 is 2.22 bits per heavy atom. The first-order chi connectivity index (χ1) is 15.4. The SMILES string of the molecule is Cc1cc(C)c(C2=NON3N(C(=O)c4ccc([N+](=O)[O-])cc4)c4ccccc4N23)c(C)c1. The number of amidine groups is 1. The van der Waals surface area contributed by atoms with Crippen LogP contribution < -0.4 is 10.0 Å². The van der Waals surface area contributed by atoms with Crippen molar-refractivity contribution >= 4 is 28.8 Å². The van der Waals surface area contributed by atoms with Gasteiger partial charge in [0.1, 0.15) is 0 Å². The van der Waals surface area contributed by atoms with Crippen molar-refractivity contribution in [2.75, 3.05) is 10.0 Å². The number of nitrogens with zero attached hydrogens (tertiary/aromatic N) is 5. The second kappa shape index (κ2) is 7.17. The number of rotatable bonds is 3. The van der Waals surface area contributed by atoms with Crippen molar-refractivity contribution in [2.45, 2.75) is 20.8 Å². The molecule has 2 aliphatic heterocycles. The van der Waals surface area contributed by atoms with E-state index in [1.807, 2.05) is 45.0 Å². The molecule has 3 aromatic rings. The van der Waals surface area contributed by atoms with Crippen molar-refractivity contribution in [2.24, 2.45) is 5.16 Å². The van der Waals surface area contributed by atoms with Crippen molar-refractivity contribution < 1.29 is 14.7 Å². The molecule has 0 aliphatic carbocycles. The third kappa shape index (κ3) is 2.90. The van der Waals surface area contributed by atoms with E-state index in [9.17, 15) is 14.9 Å². The number of hydrazine groups is 2. The Labute approximate surface area is 183 Å². The second-order valence-corrected chi connectivity index (χ2v) is 7.74. The van der Waals surface area contributed by atoms with Crippen molar-refractivity contribution in [1.29, 1.82) is 0 Å². The topological polar surface area (TPSA) is 91.5 Å². The zero-order valence-corrected chi connectivity index (χ0v) is 17.6. The van der Waals surface area contributed by atoms with E-state index < -0.39 is 10.8 Å². The van der Waals surface area contributed by atoms with Crippen LogP contribution in [0.2, 0.25) is 0 Å². The maximum atomic E-state index is 13.4. The Hall–Kier alpha value is -4.24. The molecule has 9 heteroatoms. The normalized spacial score (nSPS) is 14.7. The van der Waals surface area contributed by atoms with Gasteiger partial charge in [-0.15, -0.1) is 0 Å². The van der Waals surface area contributed by atoms with Gasteiger partial charge in [0, 0.05) is 23.3 Å². The van der Waals surface area contributed by atoms with Gasteiger partial charge < -0.3 is 0 Å². The van der Waals surface area contributed by atoms with Crippen molar-refractivity contribution in [1.82, 2.24) is 5.28 Å². The molecule has 160 valence electrons. The molecule has 3 aromatic carbocycles. The lowest BCUT2D eigenvalue weighted by Crippen LogP contribution is -2.49. The molecule has 32 heavy (non-hydrogen) atoms. The number of amides is 1. The third-order valence-corrected chi connectivity index (χ3v) is 5.50. The summed E-state index contributed by atoms with van der Waals surface area (Å²) in [7, 11) is 0. The van der Waals surface area contributed by atoms with E-state index in [-0.39, 0.29) is 11.3 Å². The van der Waals surface area contributed by atoms with E-state index in [0.29, 0.717) is 11.5 Å². The lowest BCUT2D eigenvalue weighted by atomic mass is 9.98. The number of anilines is 2. The summed E-state index contributed by atoms with van der Waals surface area (Å²) in [5, 5.41) is 19.7. The van der Waals surface area contributed by atoms with Crippen LogP contribution in [-0.4, -0.2) is 21.9 Å². The summed E-state index contributed by atoms with van der Waals surface area (Å²) >= 11 is 0. The van der Waals surface area contributed by atoms with Crippen LogP contribution in [0.4, 0.5) is 17.1 Å². The molecule has 0 radical (unpaired) electrons. The van der Waals surface area contributed by atoms with E-state index in [0.717, 1.165) is 27.9 Å². The fourth-order valence-electron chi connectivity index (χ4n) is 4.20. The number of para-hydroxylation sites is 2. The average molecular weight is 429 g/mol. The predicted molar refractivity (Wildman–Crippen MR) is 119 cm³/mol. The highest BCUT2D eigenvalue weighted by molar-refractivity contribution is 6.17. The summed E-state index contributed by atoms with van der Waals surface area (Å²) in [5.41, 5.74) is 5.72. The van der Waals surface area contributed by atoms with Crippen molar-refractivity contribution in [3.63, 3.8) is 0 Å². The van der Waals surface area contributed by atoms with Crippen LogP contribution in [0.25, 0.3) is 0 Å². The average Bonchev–Trinajstić information content (AvgIpc) is 3.31. The minimum atomic E-state index is -0.503. The van der Waals surface area contributed by atoms with E-state index in [1.54, 1.807) is 5.01 Å². The van der Waals surface area contributed by atoms with Crippen LogP contribution in [0, 0.1) is 30.9 Å². The molecule has 0 N–H and O–H groups in total. The smallest absolute Gasteiger partial charge is 0.267 e. The van der Waals surface area contributed by atoms with Gasteiger partial charge in [-0.3, -0.25) is 19.8 Å². The molecule has 0 saturated carbocycles. The molecular weight excluding hydrogens is 410 g/mol. The first-order valence-corrected chi connectivity index (χ1v) is 9.98. The second-order valence-electron chi connectivity index (χ2n) is 7.74. The summed E-state index contributed by atoms with van der Waals surface area (Å²) in [4.78, 5) is 29.5. The molecule has 0 aromatic heterocycles. The van der Waals surface area contributed by atoms with E-state index in [4.69, 9.17) is 4.94 Å². The molecule has 5 rings (SSSR count). The highest BCUT2D eigenvalue weighted by Gasteiger charge is 2.47. The van der Waals surface area contributed by atoms with Gasteiger partial charge in [0.25, 0.3) is 11.6 Å². The summed E-state index contributed by atoms with van der Waals surface area (Å²) in [6.45, 7) is 6.07. The molecule has 0 unspecified atom stereocenters. The predicted octanol–water partition coefficient (Wildman–Crippen LogP) is 4.43. The number of fused-ring (bicyclic) bond motifs is 3. The molecule has 0 atom stereocenters. The number of oxime groups is 1. The minimum absolute atomic E-state index is 0.0848. The lowest BCUT2D eigenvalue weighted by molar-refractivity contribution is -0.384. The number of benzene rings is 3. The number of carbonyl (C=O) groups excluding carboxylic acids is 1. The van der Waals surface area contributed by atoms with Crippen molar-refractivity contribution in [3.8, 4) is 0 Å². The van der Waals surface area contributed by atoms with Crippen LogP contribution >= 0.6 is 0 Å². The summed E-state index contributed by atoms with van der Waals surface area (Å²) in [6.07, 6.45) is 0. The number of hydrogen-bond donors (Lipinski definition) is 0. The van der Waals surface area contributed by atoms with Gasteiger partial charge in [-0.2, -0.15) is 10.0 Å². The monoisotopic (exact) mass is 429 g/mol. The molecule has 0 bridgehead atoms. The Morgan fingerprint density at radius 1 is 0.969 bits per heavy atom. The Morgan fingerprint density at radius 2 is 1.59 bits per heavy atom. The fourth-order valence-corrected chi connectivity index (χ4v) is 4.20. The number of nitro benzene ring substituents is 1. The zero-order chi connectivity index (χ0) is 22.6. The summed E-state index contributed by atoms with van der Waals surface area (Å²) < 4.78 is 0. The van der Waals surface area contributed by atoms with Crippen LogP contribution in [0.3, 0.4) is 0 Å². The fraction of sp³-hybridized carbons (Fsp3) is 0.130. The summed E-state index contributed by atoms with van der Waals surface area (Å²) in [6, 6.07) is 17.0.